The summed E-state index contributed by atoms with van der Waals surface area (Å²) in [5.74, 6) is 1.16. The molecule has 0 aromatic carbocycles. The molecule has 1 aliphatic rings. The fourth-order valence-corrected chi connectivity index (χ4v) is 17.3. The number of carbonyl (C=O) groups excluding carboxylic acids is 1. The first kappa shape index (κ1) is 76.9. The average molecular weight is 1270 g/mol. The van der Waals surface area contributed by atoms with Crippen molar-refractivity contribution in [2.75, 3.05) is 27.2 Å². The number of thiophene rings is 3. The third-order valence-corrected chi connectivity index (χ3v) is 23.3. The smallest absolute Gasteiger partial charge is 0.128 e. The predicted octanol–water partition coefficient (Wildman–Crippen LogP) is 27.5. The van der Waals surface area contributed by atoms with Gasteiger partial charge >= 0.3 is 0 Å². The molecule has 1 aliphatic carbocycles. The maximum absolute atomic E-state index is 13.9. The molecule has 0 saturated heterocycles. The van der Waals surface area contributed by atoms with E-state index in [1.807, 2.05) is 34.0 Å². The van der Waals surface area contributed by atoms with Crippen LogP contribution in [0.3, 0.4) is 0 Å². The van der Waals surface area contributed by atoms with Crippen molar-refractivity contribution in [2.24, 2.45) is 23.7 Å². The molecule has 4 unspecified atom stereocenters. The Morgan fingerprint density at radius 3 is 1.38 bits per heavy atom. The Labute approximate surface area is 555 Å². The summed E-state index contributed by atoms with van der Waals surface area (Å²) in [6.45, 7) is 22.7. The molecule has 0 aliphatic heterocycles. The number of unbranched alkanes of at least 4 members (excludes halogenated alkanes) is 32. The van der Waals surface area contributed by atoms with Gasteiger partial charge < -0.3 is 14.6 Å². The van der Waals surface area contributed by atoms with Crippen LogP contribution in [0.25, 0.3) is 24.7 Å². The lowest BCUT2D eigenvalue weighted by Gasteiger charge is -2.39. The van der Waals surface area contributed by atoms with Crippen molar-refractivity contribution >= 4 is 67.9 Å². The molecule has 492 valence electrons. The number of hydrogen-bond acceptors (Lipinski definition) is 7. The van der Waals surface area contributed by atoms with Crippen molar-refractivity contribution in [3.63, 3.8) is 0 Å². The maximum atomic E-state index is 13.9. The first-order valence-corrected chi connectivity index (χ1v) is 39.8. The van der Waals surface area contributed by atoms with Gasteiger partial charge in [0.2, 0.25) is 0 Å². The van der Waals surface area contributed by atoms with E-state index in [1.54, 1.807) is 0 Å². The number of allylic oxidation sites excluding steroid dienone is 8. The molecular formula is C80H132N2OS4. The summed E-state index contributed by atoms with van der Waals surface area (Å²) in [6.07, 6.45) is 69.9. The first-order chi connectivity index (χ1) is 42.5. The molecule has 0 saturated carbocycles. The van der Waals surface area contributed by atoms with Crippen LogP contribution in [0, 0.1) is 23.7 Å². The quantitative estimate of drug-likeness (QED) is 0.0264. The SMILES string of the molecule is C=C/C(=C1/C=C(N(C)CC(CCCCCCCCCC)CCCCCCCCCCCC)C(C(C=O)/C(S)=C/C=C/CC)C=C1N(C)CC(CCCCCCCCCC)CCCCCCCCCCCC)c1ccc(-c2cc3sc(C(C)C)cc3s2)s1. The van der Waals surface area contributed by atoms with Crippen molar-refractivity contribution in [3.05, 3.63) is 98.9 Å². The summed E-state index contributed by atoms with van der Waals surface area (Å²) < 4.78 is 2.80. The number of aldehydes is 1. The van der Waals surface area contributed by atoms with Crippen molar-refractivity contribution < 1.29 is 4.79 Å². The minimum atomic E-state index is -0.411. The average Bonchev–Trinajstić information content (AvgIpc) is 2.04. The van der Waals surface area contributed by atoms with E-state index in [1.165, 1.54) is 315 Å². The Morgan fingerprint density at radius 2 is 0.977 bits per heavy atom. The van der Waals surface area contributed by atoms with Gasteiger partial charge in [0.25, 0.3) is 0 Å². The van der Waals surface area contributed by atoms with E-state index < -0.39 is 5.92 Å². The summed E-state index contributed by atoms with van der Waals surface area (Å²) >= 11 is 11.0. The van der Waals surface area contributed by atoms with E-state index in [0.29, 0.717) is 17.8 Å². The summed E-state index contributed by atoms with van der Waals surface area (Å²) in [7, 11) is 4.73. The van der Waals surface area contributed by atoms with Gasteiger partial charge in [0.15, 0.2) is 0 Å². The molecule has 3 heterocycles. The minimum absolute atomic E-state index is 0.165. The van der Waals surface area contributed by atoms with Crippen LogP contribution in [0.1, 0.15) is 327 Å². The van der Waals surface area contributed by atoms with Gasteiger partial charge in [0, 0.05) is 84.6 Å². The lowest BCUT2D eigenvalue weighted by Crippen LogP contribution is -2.36. The van der Waals surface area contributed by atoms with Gasteiger partial charge in [-0.1, -0.05) is 317 Å². The summed E-state index contributed by atoms with van der Waals surface area (Å²) in [5.41, 5.74) is 4.91. The van der Waals surface area contributed by atoms with E-state index >= 15 is 0 Å². The number of thiol groups is 1. The Kier molecular flexibility index (Phi) is 42.6. The molecule has 0 bridgehead atoms. The van der Waals surface area contributed by atoms with E-state index in [2.05, 4.69) is 140 Å². The number of likely N-dealkylation sites (N-methyl/N-ethyl adjacent to an activating group) is 1. The largest absolute Gasteiger partial charge is 0.377 e. The zero-order chi connectivity index (χ0) is 62.7. The third kappa shape index (κ3) is 30.2. The highest BCUT2D eigenvalue weighted by Gasteiger charge is 2.34. The fourth-order valence-electron chi connectivity index (χ4n) is 13.4. The zero-order valence-electron chi connectivity index (χ0n) is 57.8. The molecule has 7 heteroatoms. The second kappa shape index (κ2) is 48.2. The van der Waals surface area contributed by atoms with E-state index in [4.69, 9.17) is 12.6 Å². The molecule has 3 aromatic heterocycles. The standard InChI is InChI=1S/C80H132N2OS4/c1-11-17-22-26-30-34-36-40-44-49-52-66(51-47-42-38-32-28-24-19-13-3)62-81(9)72-59-70(71(64-83)74(84)55-46-21-15-5)73(58-69(72)68(16-6)75-56-57-76(85-75)78-61-80-79(87-78)60-77(86-80)65(7)8)82(10)63-67(53-48-43-39-33-29-25-20-14-4)54-50-45-41-37-35-31-27-23-18-12-2/h16,21,46,55-61,64-67,70-71,84H,6,11-15,17-20,22-45,47-54,62-63H2,1-5,7-10H3/b46-21+,69-68+,74-55-. The summed E-state index contributed by atoms with van der Waals surface area (Å²) in [6, 6.07) is 9.58. The van der Waals surface area contributed by atoms with Crippen molar-refractivity contribution in [2.45, 2.75) is 318 Å². The van der Waals surface area contributed by atoms with Crippen molar-refractivity contribution in [1.82, 2.24) is 9.80 Å². The summed E-state index contributed by atoms with van der Waals surface area (Å²) in [4.78, 5) is 25.4. The van der Waals surface area contributed by atoms with Crippen LogP contribution in [0.15, 0.2) is 89.2 Å². The van der Waals surface area contributed by atoms with Gasteiger partial charge in [0.05, 0.1) is 5.92 Å². The van der Waals surface area contributed by atoms with E-state index in [9.17, 15) is 4.79 Å². The van der Waals surface area contributed by atoms with Gasteiger partial charge in [-0.15, -0.1) is 46.6 Å². The highest BCUT2D eigenvalue weighted by Crippen LogP contribution is 2.46. The van der Waals surface area contributed by atoms with Gasteiger partial charge in [-0.25, -0.2) is 0 Å². The normalized spacial score (nSPS) is 15.6. The molecule has 0 amide bonds. The molecule has 4 rings (SSSR count). The number of carbonyl (C=O) groups is 1. The zero-order valence-corrected chi connectivity index (χ0v) is 61.2. The highest BCUT2D eigenvalue weighted by molar-refractivity contribution is 7.84. The fraction of sp³-hybridized carbons (Fsp3) is 0.713. The number of fused-ring (bicyclic) bond motifs is 1. The molecule has 4 atom stereocenters. The molecule has 0 N–H and O–H groups in total. The Bertz CT molecular complexity index is 2370. The van der Waals surface area contributed by atoms with Gasteiger partial charge in [0.1, 0.15) is 6.29 Å². The van der Waals surface area contributed by atoms with Crippen LogP contribution >= 0.6 is 46.6 Å². The lowest BCUT2D eigenvalue weighted by atomic mass is 9.81. The molecule has 0 radical (unpaired) electrons. The topological polar surface area (TPSA) is 23.6 Å². The highest BCUT2D eigenvalue weighted by atomic mass is 32.1. The van der Waals surface area contributed by atoms with Crippen LogP contribution in [0.5, 0.6) is 0 Å². The van der Waals surface area contributed by atoms with Gasteiger partial charge in [-0.05, 0) is 85.1 Å². The maximum Gasteiger partial charge on any atom is 0.128 e. The Morgan fingerprint density at radius 1 is 0.552 bits per heavy atom. The van der Waals surface area contributed by atoms with Gasteiger partial charge in [-0.3, -0.25) is 0 Å². The number of rotatable bonds is 55. The number of hydrogen-bond donors (Lipinski definition) is 1. The molecular weight excluding hydrogens is 1130 g/mol. The van der Waals surface area contributed by atoms with Crippen molar-refractivity contribution in [1.29, 1.82) is 0 Å². The second-order valence-electron chi connectivity index (χ2n) is 27.0. The third-order valence-electron chi connectivity index (χ3n) is 18.9. The van der Waals surface area contributed by atoms with E-state index in [-0.39, 0.29) is 5.92 Å². The predicted molar refractivity (Wildman–Crippen MR) is 400 cm³/mol. The second-order valence-corrected chi connectivity index (χ2v) is 30.8. The van der Waals surface area contributed by atoms with E-state index in [0.717, 1.165) is 24.4 Å². The Hall–Kier alpha value is -2.58. The number of nitrogens with zero attached hydrogens (tertiary/aromatic N) is 2. The molecule has 3 nitrogen and oxygen atoms in total. The monoisotopic (exact) mass is 1260 g/mol. The summed E-state index contributed by atoms with van der Waals surface area (Å²) in [5, 5.41) is 0. The van der Waals surface area contributed by atoms with Crippen LogP contribution in [-0.4, -0.2) is 43.3 Å². The molecule has 3 aromatic rings. The van der Waals surface area contributed by atoms with Crippen LogP contribution in [0.2, 0.25) is 0 Å². The van der Waals surface area contributed by atoms with Crippen molar-refractivity contribution in [3.8, 4) is 9.75 Å². The van der Waals surface area contributed by atoms with Crippen LogP contribution < -0.4 is 0 Å². The minimum Gasteiger partial charge on any atom is -0.377 e. The van der Waals surface area contributed by atoms with Gasteiger partial charge in [-0.2, -0.15) is 0 Å². The lowest BCUT2D eigenvalue weighted by molar-refractivity contribution is -0.110. The first-order valence-electron chi connectivity index (χ1n) is 36.9. The van der Waals surface area contributed by atoms with Crippen LogP contribution in [0.4, 0.5) is 0 Å². The molecule has 87 heavy (non-hydrogen) atoms. The molecule has 0 fully saturated rings. The molecule has 0 spiro atoms. The van der Waals surface area contributed by atoms with Crippen LogP contribution in [-0.2, 0) is 4.79 Å². The Balaban J connectivity index is 1.78.